The van der Waals surface area contributed by atoms with Gasteiger partial charge in [0, 0.05) is 18.7 Å². The van der Waals surface area contributed by atoms with Crippen LogP contribution in [-0.4, -0.2) is 56.3 Å². The van der Waals surface area contributed by atoms with Crippen molar-refractivity contribution >= 4 is 48.5 Å². The second-order valence-corrected chi connectivity index (χ2v) is 9.64. The maximum atomic E-state index is 12.7. The van der Waals surface area contributed by atoms with Crippen LogP contribution in [0.3, 0.4) is 0 Å². The predicted molar refractivity (Wildman–Crippen MR) is 124 cm³/mol. The maximum Gasteiger partial charge on any atom is 0.251 e. The van der Waals surface area contributed by atoms with Gasteiger partial charge in [-0.3, -0.25) is 9.59 Å². The largest absolute Gasteiger partial charge is 0.494 e. The fourth-order valence-corrected chi connectivity index (χ4v) is 5.48. The molecule has 170 valence electrons. The van der Waals surface area contributed by atoms with Crippen LogP contribution in [-0.2, 0) is 14.8 Å². The number of carbonyl (C=O) groups excluding carboxylic acids is 2. The Balaban J connectivity index is 1.65. The van der Waals surface area contributed by atoms with E-state index in [0.717, 1.165) is 4.70 Å². The number of thiazole rings is 1. The fourth-order valence-electron chi connectivity index (χ4n) is 3.08. The number of methoxy groups -OCH3 is 1. The summed E-state index contributed by atoms with van der Waals surface area (Å²) in [6, 6.07) is 11.2. The second kappa shape index (κ2) is 10.1. The average Bonchev–Trinajstić information content (AvgIpc) is 3.20. The minimum atomic E-state index is -3.69. The highest BCUT2D eigenvalue weighted by atomic mass is 32.2. The highest BCUT2D eigenvalue weighted by Crippen LogP contribution is 2.31. The molecule has 0 bridgehead atoms. The van der Waals surface area contributed by atoms with Crippen LogP contribution in [0.5, 0.6) is 5.75 Å². The lowest BCUT2D eigenvalue weighted by atomic mass is 10.2. The lowest BCUT2D eigenvalue weighted by Crippen LogP contribution is -2.33. The van der Waals surface area contributed by atoms with Gasteiger partial charge >= 0.3 is 0 Å². The Bertz CT molecular complexity index is 1240. The topological polar surface area (TPSA) is 118 Å². The molecule has 0 spiro atoms. The number of amides is 2. The van der Waals surface area contributed by atoms with Crippen LogP contribution in [0, 0.1) is 0 Å². The Morgan fingerprint density at radius 1 is 1.12 bits per heavy atom. The van der Waals surface area contributed by atoms with E-state index in [4.69, 9.17) is 4.74 Å². The van der Waals surface area contributed by atoms with Crippen molar-refractivity contribution in [3.05, 3.63) is 48.0 Å². The summed E-state index contributed by atoms with van der Waals surface area (Å²) in [4.78, 5) is 29.2. The molecule has 1 heterocycles. The number of sulfonamides is 1. The summed E-state index contributed by atoms with van der Waals surface area (Å²) in [5.41, 5.74) is 0.793. The van der Waals surface area contributed by atoms with Crippen LogP contribution >= 0.6 is 11.3 Å². The third-order valence-corrected chi connectivity index (χ3v) is 7.68. The number of hydrogen-bond acceptors (Lipinski definition) is 7. The van der Waals surface area contributed by atoms with Crippen LogP contribution in [0.15, 0.2) is 47.4 Å². The lowest BCUT2D eigenvalue weighted by molar-refractivity contribution is -0.115. The van der Waals surface area contributed by atoms with Crippen molar-refractivity contribution in [2.45, 2.75) is 18.7 Å². The molecule has 0 unspecified atom stereocenters. The number of rotatable bonds is 9. The molecule has 2 N–H and O–H groups in total. The van der Waals surface area contributed by atoms with E-state index in [1.54, 1.807) is 27.0 Å². The van der Waals surface area contributed by atoms with Crippen molar-refractivity contribution in [2.24, 2.45) is 0 Å². The number of para-hydroxylation sites is 1. The monoisotopic (exact) mass is 476 g/mol. The Morgan fingerprint density at radius 2 is 1.84 bits per heavy atom. The number of ether oxygens (including phenoxy) is 1. The number of anilines is 1. The summed E-state index contributed by atoms with van der Waals surface area (Å²) in [5, 5.41) is 5.54. The average molecular weight is 477 g/mol. The normalized spacial score (nSPS) is 11.5. The first-order valence-electron chi connectivity index (χ1n) is 9.92. The third kappa shape index (κ3) is 5.06. The van der Waals surface area contributed by atoms with E-state index in [2.05, 4.69) is 15.6 Å². The van der Waals surface area contributed by atoms with Gasteiger partial charge in [0.05, 0.1) is 23.2 Å². The van der Waals surface area contributed by atoms with Gasteiger partial charge in [-0.05, 0) is 30.3 Å². The first-order chi connectivity index (χ1) is 15.3. The zero-order valence-corrected chi connectivity index (χ0v) is 19.5. The Hall–Kier alpha value is -3.02. The molecule has 0 fully saturated rings. The Labute approximate surface area is 190 Å². The van der Waals surface area contributed by atoms with Crippen molar-refractivity contribution in [3.63, 3.8) is 0 Å². The summed E-state index contributed by atoms with van der Waals surface area (Å²) in [6.45, 7) is 3.86. The summed E-state index contributed by atoms with van der Waals surface area (Å²) in [5.74, 6) is -0.405. The highest BCUT2D eigenvalue weighted by molar-refractivity contribution is 7.89. The molecule has 32 heavy (non-hydrogen) atoms. The second-order valence-electron chi connectivity index (χ2n) is 6.67. The minimum Gasteiger partial charge on any atom is -0.494 e. The molecule has 9 nitrogen and oxygen atoms in total. The van der Waals surface area contributed by atoms with Crippen molar-refractivity contribution < 1.29 is 22.7 Å². The Kier molecular flexibility index (Phi) is 7.44. The number of carbonyl (C=O) groups is 2. The van der Waals surface area contributed by atoms with Gasteiger partial charge in [0.25, 0.3) is 5.91 Å². The van der Waals surface area contributed by atoms with E-state index >= 15 is 0 Å². The van der Waals surface area contributed by atoms with Gasteiger partial charge in [0.1, 0.15) is 11.3 Å². The van der Waals surface area contributed by atoms with Crippen LogP contribution in [0.1, 0.15) is 24.2 Å². The molecule has 0 saturated heterocycles. The molecule has 3 rings (SSSR count). The van der Waals surface area contributed by atoms with E-state index in [1.165, 1.54) is 39.9 Å². The van der Waals surface area contributed by atoms with Gasteiger partial charge < -0.3 is 15.4 Å². The SMILES string of the molecule is CCN(CC)S(=O)(=O)c1cccc(C(=O)NCC(=O)Nc2nc3c(OC)cccc3s2)c1. The Morgan fingerprint density at radius 3 is 2.53 bits per heavy atom. The molecule has 0 aliphatic rings. The molecule has 0 aliphatic heterocycles. The molecule has 0 radical (unpaired) electrons. The first-order valence-corrected chi connectivity index (χ1v) is 12.2. The highest BCUT2D eigenvalue weighted by Gasteiger charge is 2.22. The smallest absolute Gasteiger partial charge is 0.251 e. The summed E-state index contributed by atoms with van der Waals surface area (Å²) in [7, 11) is -2.15. The van der Waals surface area contributed by atoms with E-state index < -0.39 is 21.8 Å². The molecule has 11 heteroatoms. The van der Waals surface area contributed by atoms with Gasteiger partial charge in [0.2, 0.25) is 15.9 Å². The van der Waals surface area contributed by atoms with Gasteiger partial charge in [-0.15, -0.1) is 0 Å². The zero-order valence-electron chi connectivity index (χ0n) is 17.9. The molecule has 2 amide bonds. The lowest BCUT2D eigenvalue weighted by Gasteiger charge is -2.18. The van der Waals surface area contributed by atoms with Gasteiger partial charge in [-0.2, -0.15) is 4.31 Å². The summed E-state index contributed by atoms with van der Waals surface area (Å²) >= 11 is 1.29. The molecule has 0 atom stereocenters. The van der Waals surface area contributed by atoms with Crippen molar-refractivity contribution in [1.29, 1.82) is 0 Å². The quantitative estimate of drug-likeness (QED) is 0.490. The van der Waals surface area contributed by atoms with Crippen LogP contribution < -0.4 is 15.4 Å². The third-order valence-electron chi connectivity index (χ3n) is 4.70. The van der Waals surface area contributed by atoms with Gasteiger partial charge in [-0.1, -0.05) is 37.3 Å². The minimum absolute atomic E-state index is 0.0294. The molecular formula is C21H24N4O5S2. The number of nitrogens with zero attached hydrogens (tertiary/aromatic N) is 2. The van der Waals surface area contributed by atoms with Gasteiger partial charge in [0.15, 0.2) is 5.13 Å². The number of fused-ring (bicyclic) bond motifs is 1. The molecule has 1 aromatic heterocycles. The number of nitrogens with one attached hydrogen (secondary N) is 2. The first kappa shape index (κ1) is 23.6. The van der Waals surface area contributed by atoms with Crippen LogP contribution in [0.2, 0.25) is 0 Å². The summed E-state index contributed by atoms with van der Waals surface area (Å²) < 4.78 is 32.8. The van der Waals surface area contributed by atoms with Crippen molar-refractivity contribution in [2.75, 3.05) is 32.1 Å². The van der Waals surface area contributed by atoms with Crippen LogP contribution in [0.25, 0.3) is 10.2 Å². The summed E-state index contributed by atoms with van der Waals surface area (Å²) in [6.07, 6.45) is 0. The van der Waals surface area contributed by atoms with E-state index in [-0.39, 0.29) is 17.0 Å². The van der Waals surface area contributed by atoms with Gasteiger partial charge in [-0.25, -0.2) is 13.4 Å². The predicted octanol–water partition coefficient (Wildman–Crippen LogP) is 2.70. The molecule has 0 aliphatic carbocycles. The van der Waals surface area contributed by atoms with Crippen molar-refractivity contribution in [3.8, 4) is 5.75 Å². The van der Waals surface area contributed by atoms with E-state index in [0.29, 0.717) is 29.5 Å². The standard InChI is InChI=1S/C21H24N4O5S2/c1-4-25(5-2)32(28,29)15-9-6-8-14(12-15)20(27)22-13-18(26)23-21-24-19-16(30-3)10-7-11-17(19)31-21/h6-12H,4-5,13H2,1-3H3,(H,22,27)(H,23,24,26). The van der Waals surface area contributed by atoms with E-state index in [1.807, 2.05) is 12.1 Å². The number of hydrogen-bond donors (Lipinski definition) is 2. The number of aromatic nitrogens is 1. The fraction of sp³-hybridized carbons (Fsp3) is 0.286. The molecule has 3 aromatic rings. The van der Waals surface area contributed by atoms with Crippen molar-refractivity contribution in [1.82, 2.24) is 14.6 Å². The zero-order chi connectivity index (χ0) is 23.3. The maximum absolute atomic E-state index is 12.7. The number of benzene rings is 2. The molecular weight excluding hydrogens is 452 g/mol. The van der Waals surface area contributed by atoms with Crippen LogP contribution in [0.4, 0.5) is 5.13 Å². The van der Waals surface area contributed by atoms with E-state index in [9.17, 15) is 18.0 Å². The molecule has 0 saturated carbocycles. The molecule has 2 aromatic carbocycles.